The summed E-state index contributed by atoms with van der Waals surface area (Å²) in [6.07, 6.45) is 7.04. The number of thioether (sulfide) groups is 1. The van der Waals surface area contributed by atoms with E-state index in [1.807, 2.05) is 11.8 Å². The number of piperazine rings is 1. The molecule has 2 aromatic rings. The predicted octanol–water partition coefficient (Wildman–Crippen LogP) is 4.08. The molecule has 1 amide bonds. The van der Waals surface area contributed by atoms with Crippen LogP contribution in [0.1, 0.15) is 62.7 Å². The highest BCUT2D eigenvalue weighted by atomic mass is 32.2. The van der Waals surface area contributed by atoms with Crippen molar-refractivity contribution in [1.29, 1.82) is 0 Å². The zero-order chi connectivity index (χ0) is 20.9. The van der Waals surface area contributed by atoms with E-state index >= 15 is 0 Å². The third kappa shape index (κ3) is 5.08. The highest BCUT2D eigenvalue weighted by Gasteiger charge is 2.29. The van der Waals surface area contributed by atoms with E-state index in [-0.39, 0.29) is 11.2 Å². The smallest absolute Gasteiger partial charge is 0.235 e. The van der Waals surface area contributed by atoms with Crippen LogP contribution in [0.5, 0.6) is 0 Å². The van der Waals surface area contributed by atoms with Crippen LogP contribution in [-0.4, -0.2) is 68.4 Å². The van der Waals surface area contributed by atoms with Crippen molar-refractivity contribution < 1.29 is 4.79 Å². The second-order valence-corrected chi connectivity index (χ2v) is 10.7. The average molecular weight is 448 g/mol. The van der Waals surface area contributed by atoms with E-state index < -0.39 is 0 Å². The molecule has 1 atom stereocenters. The van der Waals surface area contributed by atoms with Crippen molar-refractivity contribution in [3.8, 4) is 0 Å². The number of amides is 1. The zero-order valence-corrected chi connectivity index (χ0v) is 19.8. The van der Waals surface area contributed by atoms with Gasteiger partial charge in [0, 0.05) is 43.5 Å². The van der Waals surface area contributed by atoms with E-state index in [9.17, 15) is 4.79 Å². The maximum absolute atomic E-state index is 13.1. The first kappa shape index (κ1) is 21.8. The average Bonchev–Trinajstić information content (AvgIpc) is 3.44. The van der Waals surface area contributed by atoms with Crippen LogP contribution in [0.25, 0.3) is 0 Å². The van der Waals surface area contributed by atoms with Crippen LogP contribution in [0, 0.1) is 0 Å². The Morgan fingerprint density at radius 1 is 1.20 bits per heavy atom. The van der Waals surface area contributed by atoms with E-state index in [2.05, 4.69) is 44.1 Å². The molecule has 1 aliphatic heterocycles. The first-order valence-electron chi connectivity index (χ1n) is 11.3. The lowest BCUT2D eigenvalue weighted by atomic mass is 9.95. The lowest BCUT2D eigenvalue weighted by molar-refractivity contribution is -0.132. The molecule has 1 aliphatic carbocycles. The Morgan fingerprint density at radius 2 is 1.97 bits per heavy atom. The fraction of sp³-hybridized carbons (Fsp3) is 0.682. The van der Waals surface area contributed by atoms with Gasteiger partial charge in [-0.05, 0) is 37.8 Å². The van der Waals surface area contributed by atoms with Gasteiger partial charge in [-0.2, -0.15) is 0 Å². The first-order valence-corrected chi connectivity index (χ1v) is 13.1. The van der Waals surface area contributed by atoms with E-state index in [0.717, 1.165) is 50.1 Å². The van der Waals surface area contributed by atoms with Gasteiger partial charge in [-0.1, -0.05) is 44.0 Å². The van der Waals surface area contributed by atoms with Gasteiger partial charge in [0.25, 0.3) is 0 Å². The molecule has 0 bridgehead atoms. The van der Waals surface area contributed by atoms with Crippen LogP contribution in [0.4, 0.5) is 0 Å². The van der Waals surface area contributed by atoms with Crippen molar-refractivity contribution in [2.45, 2.75) is 68.8 Å². The molecule has 0 N–H and O–H groups in total. The summed E-state index contributed by atoms with van der Waals surface area (Å²) in [7, 11) is 0. The normalized spacial score (nSPS) is 19.9. The van der Waals surface area contributed by atoms with E-state index in [1.165, 1.54) is 37.0 Å². The van der Waals surface area contributed by atoms with E-state index in [4.69, 9.17) is 0 Å². The van der Waals surface area contributed by atoms with Gasteiger partial charge in [-0.25, -0.2) is 0 Å². The van der Waals surface area contributed by atoms with Crippen molar-refractivity contribution in [1.82, 2.24) is 24.6 Å². The third-order valence-electron chi connectivity index (χ3n) is 6.35. The summed E-state index contributed by atoms with van der Waals surface area (Å²) in [6, 6.07) is 4.72. The second-order valence-electron chi connectivity index (χ2n) is 8.34. The Balaban J connectivity index is 1.48. The van der Waals surface area contributed by atoms with E-state index in [0.29, 0.717) is 6.04 Å². The van der Waals surface area contributed by atoms with Gasteiger partial charge >= 0.3 is 0 Å². The fourth-order valence-electron chi connectivity index (χ4n) is 4.53. The highest BCUT2D eigenvalue weighted by Crippen LogP contribution is 2.35. The molecule has 2 fully saturated rings. The molecule has 6 nitrogen and oxygen atoms in total. The Bertz CT molecular complexity index is 808. The molecule has 1 saturated heterocycles. The molecule has 1 saturated carbocycles. The monoisotopic (exact) mass is 447 g/mol. The minimum absolute atomic E-state index is 0.140. The number of nitrogens with zero attached hydrogens (tertiary/aromatic N) is 5. The van der Waals surface area contributed by atoms with Gasteiger partial charge in [0.1, 0.15) is 5.82 Å². The third-order valence-corrected chi connectivity index (χ3v) is 8.27. The maximum atomic E-state index is 13.1. The molecule has 3 heterocycles. The summed E-state index contributed by atoms with van der Waals surface area (Å²) in [5.41, 5.74) is 0. The number of hydrogen-bond acceptors (Lipinski definition) is 6. The highest BCUT2D eigenvalue weighted by molar-refractivity contribution is 8.00. The Kier molecular flexibility index (Phi) is 7.49. The molecular formula is C22H33N5OS2. The number of carbonyl (C=O) groups is 1. The molecule has 8 heteroatoms. The molecule has 2 aromatic heterocycles. The van der Waals surface area contributed by atoms with Gasteiger partial charge in [0.05, 0.1) is 5.25 Å². The molecular weight excluding hydrogens is 414 g/mol. The Morgan fingerprint density at radius 3 is 2.63 bits per heavy atom. The van der Waals surface area contributed by atoms with Crippen molar-refractivity contribution in [2.24, 2.45) is 0 Å². The largest absolute Gasteiger partial charge is 0.339 e. The fourth-order valence-corrected chi connectivity index (χ4v) is 6.26. The molecule has 0 aromatic carbocycles. The Hall–Kier alpha value is -1.38. The summed E-state index contributed by atoms with van der Waals surface area (Å²) in [5.74, 6) is 1.27. The van der Waals surface area contributed by atoms with E-state index in [1.54, 1.807) is 23.1 Å². The van der Waals surface area contributed by atoms with Gasteiger partial charge in [0.2, 0.25) is 5.91 Å². The number of hydrogen-bond donors (Lipinski definition) is 0. The van der Waals surface area contributed by atoms with Crippen LogP contribution in [0.3, 0.4) is 0 Å². The van der Waals surface area contributed by atoms with Gasteiger partial charge < -0.3 is 14.4 Å². The summed E-state index contributed by atoms with van der Waals surface area (Å²) < 4.78 is 2.36. The topological polar surface area (TPSA) is 54.3 Å². The quantitative estimate of drug-likeness (QED) is 0.599. The molecule has 0 spiro atoms. The summed E-state index contributed by atoms with van der Waals surface area (Å²) in [6.45, 7) is 8.88. The van der Waals surface area contributed by atoms with Gasteiger partial charge in [0.15, 0.2) is 5.16 Å². The molecule has 2 aliphatic rings. The van der Waals surface area contributed by atoms with Crippen LogP contribution in [0.2, 0.25) is 0 Å². The molecule has 164 valence electrons. The number of thiophene rings is 1. The SMILES string of the molecule is CCN1CCN(C(=O)C(C)Sc2nnc(Cc3cccs3)n2C2CCCCC2)CC1. The molecule has 1 unspecified atom stereocenters. The van der Waals surface area contributed by atoms with Crippen LogP contribution >= 0.6 is 23.1 Å². The predicted molar refractivity (Wildman–Crippen MR) is 123 cm³/mol. The lowest BCUT2D eigenvalue weighted by Crippen LogP contribution is -2.50. The molecule has 4 rings (SSSR count). The van der Waals surface area contributed by atoms with Crippen LogP contribution in [0.15, 0.2) is 22.7 Å². The number of carbonyl (C=O) groups excluding carboxylic acids is 1. The Labute approximate surface area is 188 Å². The minimum atomic E-state index is -0.140. The van der Waals surface area contributed by atoms with Crippen molar-refractivity contribution in [3.05, 3.63) is 28.2 Å². The number of aromatic nitrogens is 3. The van der Waals surface area contributed by atoms with Crippen LogP contribution < -0.4 is 0 Å². The maximum Gasteiger partial charge on any atom is 0.235 e. The molecule has 0 radical (unpaired) electrons. The first-order chi connectivity index (χ1) is 14.7. The van der Waals surface area contributed by atoms with Crippen molar-refractivity contribution in [3.63, 3.8) is 0 Å². The summed E-state index contributed by atoms with van der Waals surface area (Å²) in [4.78, 5) is 18.8. The lowest BCUT2D eigenvalue weighted by Gasteiger charge is -2.35. The zero-order valence-electron chi connectivity index (χ0n) is 18.1. The minimum Gasteiger partial charge on any atom is -0.339 e. The van der Waals surface area contributed by atoms with Gasteiger partial charge in [-0.3, -0.25) is 4.79 Å². The van der Waals surface area contributed by atoms with Crippen molar-refractivity contribution in [2.75, 3.05) is 32.7 Å². The molecule has 30 heavy (non-hydrogen) atoms. The number of rotatable bonds is 7. The second kappa shape index (κ2) is 10.3. The standard InChI is InChI=1S/C22H33N5OS2/c1-3-25-11-13-26(14-12-25)21(28)17(2)30-22-24-23-20(16-19-10-7-15-29-19)27(22)18-8-5-4-6-9-18/h7,10,15,17-18H,3-6,8-9,11-14,16H2,1-2H3. The summed E-state index contributed by atoms with van der Waals surface area (Å²) in [5, 5.41) is 12.0. The number of likely N-dealkylation sites (N-methyl/N-ethyl adjacent to an activating group) is 1. The van der Waals surface area contributed by atoms with Crippen LogP contribution in [-0.2, 0) is 11.2 Å². The van der Waals surface area contributed by atoms with Crippen molar-refractivity contribution >= 4 is 29.0 Å². The summed E-state index contributed by atoms with van der Waals surface area (Å²) >= 11 is 3.36. The van der Waals surface area contributed by atoms with Gasteiger partial charge in [-0.15, -0.1) is 21.5 Å².